The molecule has 1 aliphatic heterocycles. The van der Waals surface area contributed by atoms with Gasteiger partial charge in [0, 0.05) is 28.6 Å². The van der Waals surface area contributed by atoms with E-state index in [9.17, 15) is 9.18 Å². The van der Waals surface area contributed by atoms with Crippen LogP contribution in [0.2, 0.25) is 5.02 Å². The predicted octanol–water partition coefficient (Wildman–Crippen LogP) is 3.16. The van der Waals surface area contributed by atoms with Crippen LogP contribution < -0.4 is 4.74 Å². The summed E-state index contributed by atoms with van der Waals surface area (Å²) in [5.74, 6) is -0.382. The van der Waals surface area contributed by atoms with Gasteiger partial charge in [0.15, 0.2) is 0 Å². The van der Waals surface area contributed by atoms with E-state index >= 15 is 0 Å². The molecule has 0 saturated carbocycles. The van der Waals surface area contributed by atoms with Crippen LogP contribution in [0.1, 0.15) is 12.0 Å². The van der Waals surface area contributed by atoms with Gasteiger partial charge >= 0.3 is 0 Å². The number of likely N-dealkylation sites (tertiary alicyclic amines) is 1. The molecule has 0 N–H and O–H groups in total. The number of carbonyl (C=O) groups excluding carboxylic acids is 1. The summed E-state index contributed by atoms with van der Waals surface area (Å²) in [6.45, 7) is 1.09. The largest absolute Gasteiger partial charge is 0.463 e. The van der Waals surface area contributed by atoms with Crippen LogP contribution in [-0.2, 0) is 11.2 Å². The van der Waals surface area contributed by atoms with Gasteiger partial charge in [-0.05, 0) is 18.6 Å². The highest BCUT2D eigenvalue weighted by atomic mass is 35.5. The van der Waals surface area contributed by atoms with Gasteiger partial charge in [-0.3, -0.25) is 4.79 Å². The van der Waals surface area contributed by atoms with Gasteiger partial charge in [0.1, 0.15) is 11.9 Å². The molecule has 0 aliphatic carbocycles. The Bertz CT molecular complexity index is 639. The number of hydrogen-bond donors (Lipinski definition) is 0. The molecule has 1 amide bonds. The average molecular weight is 341 g/mol. The van der Waals surface area contributed by atoms with E-state index in [0.29, 0.717) is 35.3 Å². The molecule has 3 rings (SSSR count). The molecule has 0 bridgehead atoms. The van der Waals surface area contributed by atoms with E-state index in [1.165, 1.54) is 17.4 Å². The van der Waals surface area contributed by atoms with Crippen molar-refractivity contribution >= 4 is 28.8 Å². The minimum atomic E-state index is -0.367. The second-order valence-electron chi connectivity index (χ2n) is 5.04. The maximum absolute atomic E-state index is 13.6. The maximum Gasteiger partial charge on any atom is 0.273 e. The molecule has 2 aromatic rings. The number of hydrogen-bond acceptors (Lipinski definition) is 4. The molecule has 116 valence electrons. The Hall–Kier alpha value is -1.66. The molecule has 0 atom stereocenters. The van der Waals surface area contributed by atoms with Crippen molar-refractivity contribution in [1.82, 2.24) is 9.88 Å². The number of nitrogens with zero attached hydrogens (tertiary/aromatic N) is 2. The summed E-state index contributed by atoms with van der Waals surface area (Å²) in [6, 6.07) is 4.54. The third-order valence-corrected chi connectivity index (χ3v) is 4.54. The quantitative estimate of drug-likeness (QED) is 0.839. The van der Waals surface area contributed by atoms with E-state index in [0.717, 1.165) is 0 Å². The molecule has 22 heavy (non-hydrogen) atoms. The highest BCUT2D eigenvalue weighted by molar-refractivity contribution is 7.11. The van der Waals surface area contributed by atoms with E-state index in [2.05, 4.69) is 4.98 Å². The topological polar surface area (TPSA) is 42.4 Å². The van der Waals surface area contributed by atoms with Crippen LogP contribution in [-0.4, -0.2) is 35.0 Å². The summed E-state index contributed by atoms with van der Waals surface area (Å²) in [6.07, 6.45) is 2.22. The Morgan fingerprint density at radius 2 is 2.32 bits per heavy atom. The molecular weight excluding hydrogens is 327 g/mol. The zero-order valence-electron chi connectivity index (χ0n) is 11.7. The van der Waals surface area contributed by atoms with Crippen LogP contribution in [0.4, 0.5) is 4.39 Å². The molecule has 1 fully saturated rings. The summed E-state index contributed by atoms with van der Waals surface area (Å²) in [7, 11) is 0. The molecule has 1 aromatic heterocycles. The lowest BCUT2D eigenvalue weighted by Crippen LogP contribution is -2.56. The van der Waals surface area contributed by atoms with Crippen molar-refractivity contribution in [2.75, 3.05) is 13.1 Å². The third-order valence-electron chi connectivity index (χ3n) is 3.53. The molecular formula is C15H14ClFN2O2S. The van der Waals surface area contributed by atoms with Gasteiger partial charge < -0.3 is 9.64 Å². The van der Waals surface area contributed by atoms with Gasteiger partial charge in [0.2, 0.25) is 5.91 Å². The second-order valence-corrected chi connectivity index (χ2v) is 6.30. The van der Waals surface area contributed by atoms with Crippen LogP contribution in [0.3, 0.4) is 0 Å². The molecule has 0 spiro atoms. The van der Waals surface area contributed by atoms with E-state index in [-0.39, 0.29) is 24.2 Å². The average Bonchev–Trinajstić information content (AvgIpc) is 2.94. The van der Waals surface area contributed by atoms with Gasteiger partial charge in [-0.25, -0.2) is 9.37 Å². The van der Waals surface area contributed by atoms with Crippen molar-refractivity contribution in [2.45, 2.75) is 18.9 Å². The van der Waals surface area contributed by atoms with Gasteiger partial charge in [-0.15, -0.1) is 0 Å². The van der Waals surface area contributed by atoms with Crippen LogP contribution in [0.5, 0.6) is 5.19 Å². The van der Waals surface area contributed by atoms with E-state index < -0.39 is 0 Å². The van der Waals surface area contributed by atoms with Gasteiger partial charge in [-0.2, -0.15) is 0 Å². The number of benzene rings is 1. The lowest BCUT2D eigenvalue weighted by molar-refractivity contribution is -0.139. The van der Waals surface area contributed by atoms with Gasteiger partial charge in [0.05, 0.1) is 13.1 Å². The van der Waals surface area contributed by atoms with Gasteiger partial charge in [0.25, 0.3) is 5.19 Å². The fourth-order valence-corrected chi connectivity index (χ4v) is 3.10. The van der Waals surface area contributed by atoms with Crippen molar-refractivity contribution in [2.24, 2.45) is 0 Å². The first-order chi connectivity index (χ1) is 10.6. The Morgan fingerprint density at radius 3 is 3.00 bits per heavy atom. The Balaban J connectivity index is 1.46. The maximum atomic E-state index is 13.6. The number of ether oxygens (including phenoxy) is 1. The fraction of sp³-hybridized carbons (Fsp3) is 0.333. The first-order valence-corrected chi connectivity index (χ1v) is 8.16. The Labute approximate surface area is 136 Å². The number of amides is 1. The van der Waals surface area contributed by atoms with Crippen LogP contribution in [0, 0.1) is 5.82 Å². The minimum absolute atomic E-state index is 0.00727. The lowest BCUT2D eigenvalue weighted by Gasteiger charge is -2.38. The SMILES string of the molecule is O=C(CCc1c(F)cccc1Cl)N1CC(Oc2nccs2)C1. The molecule has 2 heterocycles. The number of halogens is 2. The third kappa shape index (κ3) is 3.39. The summed E-state index contributed by atoms with van der Waals surface area (Å²) in [4.78, 5) is 17.8. The summed E-state index contributed by atoms with van der Waals surface area (Å²) >= 11 is 7.38. The van der Waals surface area contributed by atoms with Crippen molar-refractivity contribution in [1.29, 1.82) is 0 Å². The standard InChI is InChI=1S/C15H14ClFN2O2S/c16-12-2-1-3-13(17)11(12)4-5-14(20)19-8-10(9-19)21-15-18-6-7-22-15/h1-3,6-7,10H,4-5,8-9H2. The highest BCUT2D eigenvalue weighted by Crippen LogP contribution is 2.23. The molecule has 0 unspecified atom stereocenters. The monoisotopic (exact) mass is 340 g/mol. The number of rotatable bonds is 5. The Morgan fingerprint density at radius 1 is 1.50 bits per heavy atom. The molecule has 1 aromatic carbocycles. The number of aromatic nitrogens is 1. The molecule has 1 saturated heterocycles. The van der Waals surface area contributed by atoms with E-state index in [1.807, 2.05) is 5.38 Å². The molecule has 0 radical (unpaired) electrons. The van der Waals surface area contributed by atoms with Crippen LogP contribution in [0.25, 0.3) is 0 Å². The Kier molecular flexibility index (Phi) is 4.59. The second kappa shape index (κ2) is 6.62. The van der Waals surface area contributed by atoms with Crippen molar-refractivity contribution < 1.29 is 13.9 Å². The van der Waals surface area contributed by atoms with Crippen molar-refractivity contribution in [3.05, 3.63) is 46.2 Å². The number of carbonyl (C=O) groups is 1. The molecule has 4 nitrogen and oxygen atoms in total. The van der Waals surface area contributed by atoms with Crippen molar-refractivity contribution in [3.63, 3.8) is 0 Å². The first kappa shape index (κ1) is 15.2. The lowest BCUT2D eigenvalue weighted by atomic mass is 10.1. The smallest absolute Gasteiger partial charge is 0.273 e. The van der Waals surface area contributed by atoms with Crippen LogP contribution >= 0.6 is 22.9 Å². The van der Waals surface area contributed by atoms with E-state index in [4.69, 9.17) is 16.3 Å². The van der Waals surface area contributed by atoms with Crippen LogP contribution in [0.15, 0.2) is 29.8 Å². The summed E-state index contributed by atoms with van der Waals surface area (Å²) < 4.78 is 19.2. The highest BCUT2D eigenvalue weighted by Gasteiger charge is 2.32. The predicted molar refractivity (Wildman–Crippen MR) is 82.8 cm³/mol. The van der Waals surface area contributed by atoms with Crippen molar-refractivity contribution in [3.8, 4) is 5.19 Å². The van der Waals surface area contributed by atoms with Gasteiger partial charge in [-0.1, -0.05) is 29.0 Å². The number of thiazole rings is 1. The first-order valence-electron chi connectivity index (χ1n) is 6.90. The summed E-state index contributed by atoms with van der Waals surface area (Å²) in [5, 5.41) is 2.83. The zero-order chi connectivity index (χ0) is 15.5. The molecule has 1 aliphatic rings. The van der Waals surface area contributed by atoms with E-state index in [1.54, 1.807) is 23.2 Å². The molecule has 7 heteroatoms. The summed E-state index contributed by atoms with van der Waals surface area (Å²) in [5.41, 5.74) is 0.397. The minimum Gasteiger partial charge on any atom is -0.463 e. The fourth-order valence-electron chi connectivity index (χ4n) is 2.29. The normalized spacial score (nSPS) is 14.7. The zero-order valence-corrected chi connectivity index (χ0v) is 13.2.